The van der Waals surface area contributed by atoms with Crippen LogP contribution in [0, 0.1) is 0 Å². The van der Waals surface area contributed by atoms with Crippen molar-refractivity contribution in [3.8, 4) is 11.5 Å². The average molecular weight is 381 g/mol. The van der Waals surface area contributed by atoms with Crippen LogP contribution in [0.15, 0.2) is 48.7 Å². The Morgan fingerprint density at radius 2 is 1.86 bits per heavy atom. The number of H-pyrrole nitrogens is 1. The summed E-state index contributed by atoms with van der Waals surface area (Å²) < 4.78 is 10.4. The van der Waals surface area contributed by atoms with Crippen molar-refractivity contribution >= 4 is 28.4 Å². The van der Waals surface area contributed by atoms with Gasteiger partial charge in [-0.2, -0.15) is 0 Å². The lowest BCUT2D eigenvalue weighted by molar-refractivity contribution is -0.126. The summed E-state index contributed by atoms with van der Waals surface area (Å²) in [7, 11) is 3.05. The topological polar surface area (TPSA) is 92.4 Å². The molecule has 0 saturated carbocycles. The summed E-state index contributed by atoms with van der Waals surface area (Å²) in [4.78, 5) is 27.5. The maximum absolute atomic E-state index is 12.2. The molecule has 7 nitrogen and oxygen atoms in total. The summed E-state index contributed by atoms with van der Waals surface area (Å²) in [6, 6.07) is 13.1. The van der Waals surface area contributed by atoms with Gasteiger partial charge in [-0.3, -0.25) is 9.59 Å². The predicted octanol–water partition coefficient (Wildman–Crippen LogP) is 2.87. The summed E-state index contributed by atoms with van der Waals surface area (Å²) >= 11 is 0. The molecule has 1 aromatic heterocycles. The molecular formula is C21H23N3O4. The minimum Gasteiger partial charge on any atom is -0.497 e. The smallest absolute Gasteiger partial charge is 0.233 e. The number of benzene rings is 2. The molecule has 3 aromatic rings. The SMILES string of the molecule is COc1ccc(OC)c(NC(=O)CC(=O)NCCc2c[nH]c3ccccc23)c1. The third-order valence-electron chi connectivity index (χ3n) is 4.39. The van der Waals surface area contributed by atoms with Gasteiger partial charge in [-0.25, -0.2) is 0 Å². The van der Waals surface area contributed by atoms with Gasteiger partial charge in [0.25, 0.3) is 0 Å². The third kappa shape index (κ3) is 4.62. The van der Waals surface area contributed by atoms with Crippen LogP contribution in [0.2, 0.25) is 0 Å². The average Bonchev–Trinajstić information content (AvgIpc) is 3.11. The maximum atomic E-state index is 12.2. The van der Waals surface area contributed by atoms with Crippen LogP contribution < -0.4 is 20.1 Å². The number of para-hydroxylation sites is 1. The normalized spacial score (nSPS) is 10.5. The fourth-order valence-electron chi connectivity index (χ4n) is 2.99. The van der Waals surface area contributed by atoms with Crippen molar-refractivity contribution in [2.24, 2.45) is 0 Å². The van der Waals surface area contributed by atoms with Crippen LogP contribution in [0.5, 0.6) is 11.5 Å². The van der Waals surface area contributed by atoms with E-state index in [0.717, 1.165) is 16.5 Å². The Morgan fingerprint density at radius 3 is 2.64 bits per heavy atom. The van der Waals surface area contributed by atoms with E-state index in [1.165, 1.54) is 14.2 Å². The number of carbonyl (C=O) groups is 2. The van der Waals surface area contributed by atoms with E-state index in [9.17, 15) is 9.59 Å². The molecule has 7 heteroatoms. The minimum atomic E-state index is -0.420. The van der Waals surface area contributed by atoms with E-state index in [2.05, 4.69) is 15.6 Å². The van der Waals surface area contributed by atoms with Crippen LogP contribution >= 0.6 is 0 Å². The molecule has 1 heterocycles. The van der Waals surface area contributed by atoms with Crippen molar-refractivity contribution in [1.29, 1.82) is 0 Å². The zero-order valence-electron chi connectivity index (χ0n) is 15.9. The van der Waals surface area contributed by atoms with Crippen LogP contribution in [-0.2, 0) is 16.0 Å². The van der Waals surface area contributed by atoms with Gasteiger partial charge in [-0.15, -0.1) is 0 Å². The highest BCUT2D eigenvalue weighted by atomic mass is 16.5. The zero-order chi connectivity index (χ0) is 19.9. The maximum Gasteiger partial charge on any atom is 0.233 e. The van der Waals surface area contributed by atoms with Crippen molar-refractivity contribution in [2.75, 3.05) is 26.1 Å². The molecule has 3 rings (SSSR count). The lowest BCUT2D eigenvalue weighted by atomic mass is 10.1. The van der Waals surface area contributed by atoms with Crippen LogP contribution in [0.3, 0.4) is 0 Å². The van der Waals surface area contributed by atoms with E-state index in [4.69, 9.17) is 9.47 Å². The van der Waals surface area contributed by atoms with Crippen LogP contribution in [0.4, 0.5) is 5.69 Å². The molecule has 3 N–H and O–H groups in total. The zero-order valence-corrected chi connectivity index (χ0v) is 15.9. The molecule has 146 valence electrons. The Labute approximate surface area is 163 Å². The highest BCUT2D eigenvalue weighted by Crippen LogP contribution is 2.28. The van der Waals surface area contributed by atoms with Crippen molar-refractivity contribution in [1.82, 2.24) is 10.3 Å². The Morgan fingerprint density at radius 1 is 1.04 bits per heavy atom. The number of aromatic amines is 1. The third-order valence-corrected chi connectivity index (χ3v) is 4.39. The Kier molecular flexibility index (Phi) is 6.16. The molecule has 0 unspecified atom stereocenters. The molecule has 28 heavy (non-hydrogen) atoms. The first-order chi connectivity index (χ1) is 13.6. The number of amides is 2. The molecule has 0 aliphatic carbocycles. The van der Waals surface area contributed by atoms with Crippen LogP contribution in [-0.4, -0.2) is 37.6 Å². The lowest BCUT2D eigenvalue weighted by Crippen LogP contribution is -2.29. The van der Waals surface area contributed by atoms with Gasteiger partial charge >= 0.3 is 0 Å². The fraction of sp³-hybridized carbons (Fsp3) is 0.238. The van der Waals surface area contributed by atoms with E-state index in [-0.39, 0.29) is 12.3 Å². The lowest BCUT2D eigenvalue weighted by Gasteiger charge is -2.11. The molecule has 0 atom stereocenters. The van der Waals surface area contributed by atoms with Gasteiger partial charge < -0.3 is 25.1 Å². The van der Waals surface area contributed by atoms with E-state index < -0.39 is 5.91 Å². The van der Waals surface area contributed by atoms with Gasteiger partial charge in [-0.1, -0.05) is 18.2 Å². The molecule has 0 fully saturated rings. The number of methoxy groups -OCH3 is 2. The molecular weight excluding hydrogens is 358 g/mol. The Balaban J connectivity index is 1.50. The second-order valence-electron chi connectivity index (χ2n) is 6.25. The highest BCUT2D eigenvalue weighted by Gasteiger charge is 2.13. The van der Waals surface area contributed by atoms with E-state index in [1.807, 2.05) is 30.5 Å². The van der Waals surface area contributed by atoms with Crippen LogP contribution in [0.25, 0.3) is 10.9 Å². The van der Waals surface area contributed by atoms with Crippen molar-refractivity contribution in [3.63, 3.8) is 0 Å². The van der Waals surface area contributed by atoms with Gasteiger partial charge in [-0.05, 0) is 30.2 Å². The number of rotatable bonds is 8. The molecule has 0 saturated heterocycles. The number of ether oxygens (including phenoxy) is 2. The molecule has 0 aliphatic heterocycles. The Bertz CT molecular complexity index is 981. The second-order valence-corrected chi connectivity index (χ2v) is 6.25. The van der Waals surface area contributed by atoms with E-state index in [1.54, 1.807) is 18.2 Å². The molecule has 0 radical (unpaired) electrons. The summed E-state index contributed by atoms with van der Waals surface area (Å²) in [6.07, 6.45) is 2.36. The summed E-state index contributed by atoms with van der Waals surface area (Å²) in [5.74, 6) is 0.323. The number of fused-ring (bicyclic) bond motifs is 1. The number of aromatic nitrogens is 1. The first-order valence-electron chi connectivity index (χ1n) is 8.94. The quantitative estimate of drug-likeness (QED) is 0.523. The van der Waals surface area contributed by atoms with E-state index in [0.29, 0.717) is 30.2 Å². The standard InChI is InChI=1S/C21H23N3O4/c1-27-15-7-8-19(28-2)18(11-15)24-21(26)12-20(25)22-10-9-14-13-23-17-6-4-3-5-16(14)17/h3-8,11,13,23H,9-10,12H2,1-2H3,(H,22,25)(H,24,26). The summed E-state index contributed by atoms with van der Waals surface area (Å²) in [5, 5.41) is 6.61. The van der Waals surface area contributed by atoms with Crippen molar-refractivity contribution in [2.45, 2.75) is 12.8 Å². The van der Waals surface area contributed by atoms with Crippen molar-refractivity contribution in [3.05, 3.63) is 54.2 Å². The molecule has 2 amide bonds. The molecule has 2 aromatic carbocycles. The van der Waals surface area contributed by atoms with Gasteiger partial charge in [0.1, 0.15) is 17.9 Å². The molecule has 0 spiro atoms. The van der Waals surface area contributed by atoms with Gasteiger partial charge in [0, 0.05) is 29.7 Å². The summed E-state index contributed by atoms with van der Waals surface area (Å²) in [5.41, 5.74) is 2.65. The molecule has 0 bridgehead atoms. The number of hydrogen-bond acceptors (Lipinski definition) is 4. The Hall–Kier alpha value is -3.48. The van der Waals surface area contributed by atoms with Gasteiger partial charge in [0.15, 0.2) is 0 Å². The number of hydrogen-bond donors (Lipinski definition) is 3. The minimum absolute atomic E-state index is 0.270. The monoisotopic (exact) mass is 381 g/mol. The first kappa shape index (κ1) is 19.3. The number of anilines is 1. The van der Waals surface area contributed by atoms with Crippen molar-refractivity contribution < 1.29 is 19.1 Å². The fourth-order valence-corrected chi connectivity index (χ4v) is 2.99. The molecule has 0 aliphatic rings. The highest BCUT2D eigenvalue weighted by molar-refractivity contribution is 6.04. The van der Waals surface area contributed by atoms with Gasteiger partial charge in [0.05, 0.1) is 19.9 Å². The summed E-state index contributed by atoms with van der Waals surface area (Å²) in [6.45, 7) is 0.455. The predicted molar refractivity (Wildman–Crippen MR) is 108 cm³/mol. The van der Waals surface area contributed by atoms with Crippen LogP contribution in [0.1, 0.15) is 12.0 Å². The first-order valence-corrected chi connectivity index (χ1v) is 8.94. The second kappa shape index (κ2) is 8.94. The number of nitrogens with one attached hydrogen (secondary N) is 3. The van der Waals surface area contributed by atoms with Gasteiger partial charge in [0.2, 0.25) is 11.8 Å². The van der Waals surface area contributed by atoms with E-state index >= 15 is 0 Å². The largest absolute Gasteiger partial charge is 0.497 e. The number of carbonyl (C=O) groups excluding carboxylic acids is 2.